The third kappa shape index (κ3) is 2.52. The molecule has 6 nitrogen and oxygen atoms in total. The summed E-state index contributed by atoms with van der Waals surface area (Å²) in [7, 11) is 0. The largest absolute Gasteiger partial charge is 0.372 e. The first-order valence-electron chi connectivity index (χ1n) is 7.56. The summed E-state index contributed by atoms with van der Waals surface area (Å²) in [6, 6.07) is 8.26. The molecule has 1 aliphatic rings. The summed E-state index contributed by atoms with van der Waals surface area (Å²) in [5.74, 6) is 1.42. The third-order valence-corrected chi connectivity index (χ3v) is 3.72. The van der Waals surface area contributed by atoms with E-state index >= 15 is 0 Å². The number of nitrogens with zero attached hydrogens (tertiary/aromatic N) is 6. The van der Waals surface area contributed by atoms with E-state index in [1.165, 1.54) is 5.69 Å². The number of aryl methyl sites for hydroxylation is 1. The van der Waals surface area contributed by atoms with Crippen molar-refractivity contribution < 1.29 is 0 Å². The van der Waals surface area contributed by atoms with E-state index in [9.17, 15) is 0 Å². The Morgan fingerprint density at radius 3 is 2.41 bits per heavy atom. The molecule has 0 N–H and O–H groups in total. The lowest BCUT2D eigenvalue weighted by Gasteiger charge is -2.20. The van der Waals surface area contributed by atoms with Crippen LogP contribution >= 0.6 is 0 Å². The topological polar surface area (TPSA) is 58.7 Å². The molecular weight excluding hydrogens is 276 g/mol. The van der Waals surface area contributed by atoms with Gasteiger partial charge < -0.3 is 4.90 Å². The van der Waals surface area contributed by atoms with Crippen LogP contribution in [0.1, 0.15) is 32.4 Å². The monoisotopic (exact) mass is 296 g/mol. The zero-order valence-corrected chi connectivity index (χ0v) is 13.4. The summed E-state index contributed by atoms with van der Waals surface area (Å²) in [5.41, 5.74) is 3.73. The van der Waals surface area contributed by atoms with Gasteiger partial charge in [0.2, 0.25) is 5.82 Å². The fraction of sp³-hybridized carbons (Fsp3) is 0.375. The number of rotatable bonds is 4. The van der Waals surface area contributed by atoms with Crippen LogP contribution in [0.5, 0.6) is 0 Å². The van der Waals surface area contributed by atoms with E-state index in [1.54, 1.807) is 4.79 Å². The minimum absolute atomic E-state index is 0.704. The van der Waals surface area contributed by atoms with Gasteiger partial charge in [0.15, 0.2) is 5.82 Å². The standard InChI is InChI=1S/C16H20N6/c1-5-21(6-2)14-9-7-13(8-10-14)18-15-11(3)19-22-16(15)17-12(4)20-22/h7-10H,5-6H2,1-4H3. The number of anilines is 1. The Bertz CT molecular complexity index is 734. The van der Waals surface area contributed by atoms with Crippen molar-refractivity contribution >= 4 is 22.8 Å². The number of hydrogen-bond acceptors (Lipinski definition) is 5. The summed E-state index contributed by atoms with van der Waals surface area (Å²) in [5, 5.41) is 8.57. The van der Waals surface area contributed by atoms with Crippen molar-refractivity contribution in [2.75, 3.05) is 18.0 Å². The average Bonchev–Trinajstić information content (AvgIpc) is 2.99. The second-order valence-corrected chi connectivity index (χ2v) is 5.21. The zero-order valence-electron chi connectivity index (χ0n) is 13.4. The first-order valence-corrected chi connectivity index (χ1v) is 7.56. The maximum Gasteiger partial charge on any atom is 0.204 e. The molecule has 0 fully saturated rings. The van der Waals surface area contributed by atoms with Gasteiger partial charge in [-0.1, -0.05) is 0 Å². The van der Waals surface area contributed by atoms with Gasteiger partial charge in [0, 0.05) is 18.8 Å². The van der Waals surface area contributed by atoms with Gasteiger partial charge in [-0.2, -0.15) is 5.10 Å². The summed E-state index contributed by atoms with van der Waals surface area (Å²) >= 11 is 0. The molecule has 0 spiro atoms. The van der Waals surface area contributed by atoms with Crippen LogP contribution in [0.3, 0.4) is 0 Å². The molecule has 6 heteroatoms. The smallest absolute Gasteiger partial charge is 0.204 e. The van der Waals surface area contributed by atoms with E-state index in [0.29, 0.717) is 11.6 Å². The highest BCUT2D eigenvalue weighted by atomic mass is 15.6. The molecule has 0 unspecified atom stereocenters. The van der Waals surface area contributed by atoms with Crippen molar-refractivity contribution in [2.24, 2.45) is 10.1 Å². The van der Waals surface area contributed by atoms with Gasteiger partial charge in [-0.05, 0) is 52.0 Å². The molecule has 0 radical (unpaired) electrons. The molecule has 0 saturated carbocycles. The Morgan fingerprint density at radius 1 is 1.09 bits per heavy atom. The fourth-order valence-corrected chi connectivity index (χ4v) is 2.56. The average molecular weight is 296 g/mol. The number of fused-ring (bicyclic) bond motifs is 1. The Morgan fingerprint density at radius 2 is 1.77 bits per heavy atom. The Balaban J connectivity index is 1.91. The molecule has 3 rings (SSSR count). The highest BCUT2D eigenvalue weighted by molar-refractivity contribution is 6.48. The SMILES string of the molecule is CCN(CC)c1ccc(N=C2C(C)=Nn3nc(C)nc32)cc1. The minimum atomic E-state index is 0.704. The highest BCUT2D eigenvalue weighted by Gasteiger charge is 2.23. The van der Waals surface area contributed by atoms with Crippen molar-refractivity contribution in [2.45, 2.75) is 27.7 Å². The zero-order chi connectivity index (χ0) is 15.7. The van der Waals surface area contributed by atoms with Gasteiger partial charge in [-0.15, -0.1) is 9.89 Å². The molecule has 2 aromatic rings. The Kier molecular flexibility index (Phi) is 3.75. The van der Waals surface area contributed by atoms with E-state index < -0.39 is 0 Å². The third-order valence-electron chi connectivity index (χ3n) is 3.72. The quantitative estimate of drug-likeness (QED) is 0.871. The predicted octanol–water partition coefficient (Wildman–Crippen LogP) is 2.79. The minimum Gasteiger partial charge on any atom is -0.372 e. The molecule has 2 heterocycles. The van der Waals surface area contributed by atoms with Gasteiger partial charge in [0.1, 0.15) is 5.71 Å². The first kappa shape index (κ1) is 14.4. The molecule has 0 bridgehead atoms. The van der Waals surface area contributed by atoms with Gasteiger partial charge in [-0.25, -0.2) is 9.98 Å². The molecule has 1 aliphatic heterocycles. The molecule has 1 aromatic carbocycles. The number of aliphatic imine (C=N–C) groups is 1. The van der Waals surface area contributed by atoms with Crippen molar-refractivity contribution in [3.05, 3.63) is 35.9 Å². The predicted molar refractivity (Wildman–Crippen MR) is 89.5 cm³/mol. The number of benzene rings is 1. The van der Waals surface area contributed by atoms with Crippen LogP contribution in [0.4, 0.5) is 11.4 Å². The lowest BCUT2D eigenvalue weighted by atomic mass is 10.2. The lowest BCUT2D eigenvalue weighted by Crippen LogP contribution is -2.21. The number of aromatic nitrogens is 3. The molecule has 1 aromatic heterocycles. The summed E-state index contributed by atoms with van der Waals surface area (Å²) in [6.07, 6.45) is 0. The number of hydrogen-bond donors (Lipinski definition) is 0. The molecule has 0 aliphatic carbocycles. The van der Waals surface area contributed by atoms with E-state index in [4.69, 9.17) is 0 Å². The molecule has 0 amide bonds. The van der Waals surface area contributed by atoms with Crippen molar-refractivity contribution in [1.82, 2.24) is 14.9 Å². The van der Waals surface area contributed by atoms with Crippen LogP contribution in [0.25, 0.3) is 0 Å². The summed E-state index contributed by atoms with van der Waals surface area (Å²) in [4.78, 5) is 12.9. The van der Waals surface area contributed by atoms with Crippen LogP contribution in [0.2, 0.25) is 0 Å². The van der Waals surface area contributed by atoms with Crippen LogP contribution in [0, 0.1) is 6.92 Å². The lowest BCUT2D eigenvalue weighted by molar-refractivity contribution is 0.736. The second-order valence-electron chi connectivity index (χ2n) is 5.21. The van der Waals surface area contributed by atoms with Crippen LogP contribution in [-0.2, 0) is 0 Å². The molecule has 114 valence electrons. The van der Waals surface area contributed by atoms with Gasteiger partial charge in [-0.3, -0.25) is 0 Å². The van der Waals surface area contributed by atoms with Crippen LogP contribution in [-0.4, -0.2) is 39.4 Å². The molecule has 22 heavy (non-hydrogen) atoms. The van der Waals surface area contributed by atoms with E-state index in [0.717, 1.165) is 30.2 Å². The van der Waals surface area contributed by atoms with Crippen LogP contribution in [0.15, 0.2) is 34.4 Å². The molecule has 0 atom stereocenters. The van der Waals surface area contributed by atoms with Crippen molar-refractivity contribution in [3.63, 3.8) is 0 Å². The van der Waals surface area contributed by atoms with Crippen LogP contribution < -0.4 is 4.90 Å². The normalized spacial score (nSPS) is 15.1. The first-order chi connectivity index (χ1) is 10.6. The molecular formula is C16H20N6. The highest BCUT2D eigenvalue weighted by Crippen LogP contribution is 2.22. The van der Waals surface area contributed by atoms with E-state index in [-0.39, 0.29) is 0 Å². The molecule has 0 saturated heterocycles. The maximum atomic E-state index is 4.69. The summed E-state index contributed by atoms with van der Waals surface area (Å²) in [6.45, 7) is 10.1. The fourth-order valence-electron chi connectivity index (χ4n) is 2.56. The Hall–Kier alpha value is -2.50. The summed E-state index contributed by atoms with van der Waals surface area (Å²) < 4.78 is 0. The van der Waals surface area contributed by atoms with Crippen molar-refractivity contribution in [1.29, 1.82) is 0 Å². The maximum absolute atomic E-state index is 4.69. The Labute approximate surface area is 130 Å². The van der Waals surface area contributed by atoms with E-state index in [2.05, 4.69) is 51.1 Å². The van der Waals surface area contributed by atoms with Crippen molar-refractivity contribution in [3.8, 4) is 0 Å². The second kappa shape index (κ2) is 5.71. The van der Waals surface area contributed by atoms with Gasteiger partial charge in [0.25, 0.3) is 0 Å². The van der Waals surface area contributed by atoms with E-state index in [1.807, 2.05) is 26.0 Å². The van der Waals surface area contributed by atoms with Gasteiger partial charge >= 0.3 is 0 Å². The van der Waals surface area contributed by atoms with Gasteiger partial charge in [0.05, 0.1) is 11.4 Å².